The molecule has 0 spiro atoms. The summed E-state index contributed by atoms with van der Waals surface area (Å²) in [6, 6.07) is 0. The van der Waals surface area contributed by atoms with Crippen molar-refractivity contribution in [3.05, 3.63) is 17.5 Å². The van der Waals surface area contributed by atoms with Gasteiger partial charge >= 0.3 is 0 Å². The number of nitrogens with one attached hydrogen (secondary N) is 1. The molecule has 6 nitrogen and oxygen atoms in total. The molecule has 0 amide bonds. The van der Waals surface area contributed by atoms with Crippen molar-refractivity contribution >= 4 is 5.78 Å². The quantitative estimate of drug-likeness (QED) is 0.567. The highest BCUT2D eigenvalue weighted by Crippen LogP contribution is 2.11. The third-order valence-corrected chi connectivity index (χ3v) is 2.27. The van der Waals surface area contributed by atoms with Crippen LogP contribution in [0, 0.1) is 0 Å². The molecule has 0 saturated carbocycles. The van der Waals surface area contributed by atoms with Crippen LogP contribution >= 0.6 is 0 Å². The Bertz CT molecular complexity index is 447. The van der Waals surface area contributed by atoms with Gasteiger partial charge in [-0.05, 0) is 10.4 Å². The monoisotopic (exact) mass is 176 g/mol. The summed E-state index contributed by atoms with van der Waals surface area (Å²) >= 11 is 0. The van der Waals surface area contributed by atoms with Gasteiger partial charge in [-0.3, -0.25) is 0 Å². The molecule has 0 radical (unpaired) electrons. The van der Waals surface area contributed by atoms with E-state index < -0.39 is 0 Å². The van der Waals surface area contributed by atoms with Crippen molar-refractivity contribution in [2.75, 3.05) is 6.54 Å². The van der Waals surface area contributed by atoms with Crippen molar-refractivity contribution < 1.29 is 0 Å². The second kappa shape index (κ2) is 2.46. The van der Waals surface area contributed by atoms with E-state index in [9.17, 15) is 0 Å². The first-order valence-corrected chi connectivity index (χ1v) is 4.21. The highest BCUT2D eigenvalue weighted by atomic mass is 15.5. The number of hydrogen-bond acceptors (Lipinski definition) is 5. The summed E-state index contributed by atoms with van der Waals surface area (Å²) < 4.78 is 1.72. The molecule has 0 bridgehead atoms. The van der Waals surface area contributed by atoms with Gasteiger partial charge in [-0.25, -0.2) is 4.98 Å². The lowest BCUT2D eigenvalue weighted by molar-refractivity contribution is 0.605. The molecule has 13 heavy (non-hydrogen) atoms. The van der Waals surface area contributed by atoms with Crippen molar-refractivity contribution in [2.24, 2.45) is 0 Å². The molecular formula is C7H8N6. The van der Waals surface area contributed by atoms with Crippen LogP contribution in [0.4, 0.5) is 0 Å². The Balaban J connectivity index is 2.34. The largest absolute Gasteiger partial charge is 0.312 e. The van der Waals surface area contributed by atoms with E-state index in [2.05, 4.69) is 25.8 Å². The summed E-state index contributed by atoms with van der Waals surface area (Å²) in [4.78, 5) is 4.14. The van der Waals surface area contributed by atoms with Crippen molar-refractivity contribution in [3.63, 3.8) is 0 Å². The van der Waals surface area contributed by atoms with Gasteiger partial charge in [0.1, 0.15) is 0 Å². The van der Waals surface area contributed by atoms with E-state index >= 15 is 0 Å². The maximum atomic E-state index is 4.14. The molecule has 0 aliphatic carbocycles. The summed E-state index contributed by atoms with van der Waals surface area (Å²) in [5, 5.41) is 14.6. The number of hydrogen-bond donors (Lipinski definition) is 1. The van der Waals surface area contributed by atoms with Gasteiger partial charge in [0.15, 0.2) is 0 Å². The second-order valence-corrected chi connectivity index (χ2v) is 3.05. The summed E-state index contributed by atoms with van der Waals surface area (Å²) in [6.45, 7) is 1.84. The Morgan fingerprint density at radius 1 is 1.46 bits per heavy atom. The molecule has 1 aliphatic rings. The van der Waals surface area contributed by atoms with Crippen molar-refractivity contribution in [1.29, 1.82) is 0 Å². The first-order chi connectivity index (χ1) is 6.45. The van der Waals surface area contributed by atoms with Gasteiger partial charge in [0, 0.05) is 31.3 Å². The Labute approximate surface area is 74.0 Å². The molecule has 0 aromatic carbocycles. The lowest BCUT2D eigenvalue weighted by Crippen LogP contribution is -2.26. The van der Waals surface area contributed by atoms with Crippen LogP contribution < -0.4 is 5.32 Å². The van der Waals surface area contributed by atoms with Crippen molar-refractivity contribution in [3.8, 4) is 0 Å². The van der Waals surface area contributed by atoms with E-state index in [0.717, 1.165) is 19.5 Å². The van der Waals surface area contributed by atoms with Crippen molar-refractivity contribution in [1.82, 2.24) is 30.3 Å². The lowest BCUT2D eigenvalue weighted by Gasteiger charge is -2.15. The standard InChI is InChI=1S/C7H8N6/c1-2-8-3-5-4-9-7-10-11-12-13(7)6(1)5/h4,8H,1-3H2. The molecule has 0 atom stereocenters. The normalized spacial score (nSPS) is 16.0. The van der Waals surface area contributed by atoms with E-state index in [1.807, 2.05) is 6.20 Å². The van der Waals surface area contributed by atoms with E-state index in [-0.39, 0.29) is 0 Å². The smallest absolute Gasteiger partial charge is 0.273 e. The third-order valence-electron chi connectivity index (χ3n) is 2.27. The molecule has 66 valence electrons. The molecule has 3 heterocycles. The molecular weight excluding hydrogens is 168 g/mol. The minimum absolute atomic E-state index is 0.584. The predicted octanol–water partition coefficient (Wildman–Crippen LogP) is -0.835. The van der Waals surface area contributed by atoms with Crippen LogP contribution in [0.25, 0.3) is 5.78 Å². The fraction of sp³-hybridized carbons (Fsp3) is 0.429. The lowest BCUT2D eigenvalue weighted by atomic mass is 10.1. The Kier molecular flexibility index (Phi) is 1.31. The molecule has 0 saturated heterocycles. The van der Waals surface area contributed by atoms with Gasteiger partial charge < -0.3 is 5.32 Å². The highest BCUT2D eigenvalue weighted by molar-refractivity contribution is 5.31. The summed E-state index contributed by atoms with van der Waals surface area (Å²) in [7, 11) is 0. The molecule has 6 heteroatoms. The van der Waals surface area contributed by atoms with Gasteiger partial charge in [-0.15, -0.1) is 0 Å². The van der Waals surface area contributed by atoms with E-state index in [4.69, 9.17) is 0 Å². The Morgan fingerprint density at radius 2 is 2.46 bits per heavy atom. The fourth-order valence-corrected chi connectivity index (χ4v) is 1.63. The zero-order valence-corrected chi connectivity index (χ0v) is 6.93. The fourth-order valence-electron chi connectivity index (χ4n) is 1.63. The molecule has 2 aromatic rings. The minimum atomic E-state index is 0.584. The zero-order valence-electron chi connectivity index (χ0n) is 6.93. The summed E-state index contributed by atoms with van der Waals surface area (Å²) in [6.07, 6.45) is 2.80. The number of aromatic nitrogens is 5. The Morgan fingerprint density at radius 3 is 3.46 bits per heavy atom. The van der Waals surface area contributed by atoms with Crippen LogP contribution in [0.15, 0.2) is 6.20 Å². The van der Waals surface area contributed by atoms with Gasteiger partial charge in [-0.2, -0.15) is 4.52 Å². The van der Waals surface area contributed by atoms with Gasteiger partial charge in [0.05, 0.1) is 5.69 Å². The molecule has 1 N–H and O–H groups in total. The third kappa shape index (κ3) is 0.919. The molecule has 0 unspecified atom stereocenters. The molecule has 1 aliphatic heterocycles. The average molecular weight is 176 g/mol. The highest BCUT2D eigenvalue weighted by Gasteiger charge is 2.13. The Hall–Kier alpha value is -1.56. The number of fused-ring (bicyclic) bond motifs is 3. The summed E-state index contributed by atoms with van der Waals surface area (Å²) in [5.74, 6) is 0.584. The number of nitrogens with zero attached hydrogens (tertiary/aromatic N) is 5. The molecule has 2 aromatic heterocycles. The molecule has 0 fully saturated rings. The zero-order chi connectivity index (χ0) is 8.67. The maximum absolute atomic E-state index is 4.14. The topological polar surface area (TPSA) is 68.0 Å². The van der Waals surface area contributed by atoms with E-state index in [0.29, 0.717) is 5.78 Å². The van der Waals surface area contributed by atoms with Crippen LogP contribution in [0.2, 0.25) is 0 Å². The van der Waals surface area contributed by atoms with Crippen LogP contribution in [0.3, 0.4) is 0 Å². The van der Waals surface area contributed by atoms with Crippen LogP contribution in [-0.2, 0) is 13.0 Å². The van der Waals surface area contributed by atoms with Gasteiger partial charge in [0.25, 0.3) is 5.78 Å². The number of tetrazole rings is 1. The van der Waals surface area contributed by atoms with Crippen molar-refractivity contribution in [2.45, 2.75) is 13.0 Å². The minimum Gasteiger partial charge on any atom is -0.312 e. The second-order valence-electron chi connectivity index (χ2n) is 3.05. The predicted molar refractivity (Wildman–Crippen MR) is 44.0 cm³/mol. The van der Waals surface area contributed by atoms with Crippen LogP contribution in [0.5, 0.6) is 0 Å². The molecule has 3 rings (SSSR count). The first-order valence-electron chi connectivity index (χ1n) is 4.21. The van der Waals surface area contributed by atoms with Gasteiger partial charge in [0.2, 0.25) is 0 Å². The van der Waals surface area contributed by atoms with E-state index in [1.54, 1.807) is 4.52 Å². The maximum Gasteiger partial charge on any atom is 0.273 e. The van der Waals surface area contributed by atoms with Gasteiger partial charge in [-0.1, -0.05) is 5.10 Å². The number of rotatable bonds is 0. The van der Waals surface area contributed by atoms with Crippen LogP contribution in [-0.4, -0.2) is 31.6 Å². The SMILES string of the molecule is c1nc2nnnn2c2c1CNCC2. The van der Waals surface area contributed by atoms with Crippen LogP contribution in [0.1, 0.15) is 11.3 Å². The van der Waals surface area contributed by atoms with E-state index in [1.165, 1.54) is 11.3 Å². The average Bonchev–Trinajstić information content (AvgIpc) is 2.65. The first kappa shape index (κ1) is 6.90. The summed E-state index contributed by atoms with van der Waals surface area (Å²) in [5.41, 5.74) is 2.36.